The second-order valence-corrected chi connectivity index (χ2v) is 8.23. The van der Waals surface area contributed by atoms with Crippen molar-refractivity contribution >= 4 is 16.9 Å². The zero-order valence-electron chi connectivity index (χ0n) is 18.4. The molecule has 0 fully saturated rings. The summed E-state index contributed by atoms with van der Waals surface area (Å²) in [5.74, 6) is 0.660. The SMILES string of the molecule is CNC(=O)[C@@H]([C@H](O)[C@H](C)Cc1[nH]c2ccc(CO)cc2[n+]1CCN(C)C)N(C)C. The number of benzene rings is 1. The number of carbonyl (C=O) groups excluding carboxylic acids is 1. The maximum atomic E-state index is 12.3. The maximum Gasteiger partial charge on any atom is 0.255 e. The average molecular weight is 407 g/mol. The molecule has 1 amide bonds. The first kappa shape index (κ1) is 23.3. The van der Waals surface area contributed by atoms with Gasteiger partial charge in [-0.25, -0.2) is 9.55 Å². The highest BCUT2D eigenvalue weighted by Crippen LogP contribution is 2.19. The number of imidazole rings is 1. The van der Waals surface area contributed by atoms with E-state index in [0.717, 1.165) is 35.5 Å². The van der Waals surface area contributed by atoms with Gasteiger partial charge in [-0.3, -0.25) is 9.69 Å². The van der Waals surface area contributed by atoms with Gasteiger partial charge >= 0.3 is 0 Å². The van der Waals surface area contributed by atoms with Gasteiger partial charge < -0.3 is 20.4 Å². The zero-order valence-corrected chi connectivity index (χ0v) is 18.4. The predicted octanol–water partition coefficient (Wildman–Crippen LogP) is -0.275. The summed E-state index contributed by atoms with van der Waals surface area (Å²) in [6.45, 7) is 3.61. The number of H-pyrrole nitrogens is 1. The smallest absolute Gasteiger partial charge is 0.255 e. The summed E-state index contributed by atoms with van der Waals surface area (Å²) >= 11 is 0. The fourth-order valence-corrected chi connectivity index (χ4v) is 3.67. The van der Waals surface area contributed by atoms with Crippen molar-refractivity contribution in [2.24, 2.45) is 5.92 Å². The van der Waals surface area contributed by atoms with E-state index in [4.69, 9.17) is 0 Å². The zero-order chi connectivity index (χ0) is 21.7. The molecule has 2 aromatic rings. The lowest BCUT2D eigenvalue weighted by atomic mass is 9.93. The third-order valence-corrected chi connectivity index (χ3v) is 5.40. The Morgan fingerprint density at radius 3 is 2.52 bits per heavy atom. The first-order valence-electron chi connectivity index (χ1n) is 10.0. The van der Waals surface area contributed by atoms with Crippen LogP contribution in [0.3, 0.4) is 0 Å². The van der Waals surface area contributed by atoms with Crippen LogP contribution in [0.5, 0.6) is 0 Å². The highest BCUT2D eigenvalue weighted by atomic mass is 16.3. The number of rotatable bonds is 10. The third-order valence-electron chi connectivity index (χ3n) is 5.40. The van der Waals surface area contributed by atoms with Crippen LogP contribution in [0.1, 0.15) is 18.3 Å². The van der Waals surface area contributed by atoms with Gasteiger partial charge in [0.05, 0.1) is 19.1 Å². The van der Waals surface area contributed by atoms with E-state index in [-0.39, 0.29) is 18.4 Å². The van der Waals surface area contributed by atoms with Crippen LogP contribution in [-0.2, 0) is 24.4 Å². The topological polar surface area (TPSA) is 95.7 Å². The van der Waals surface area contributed by atoms with Crippen molar-refractivity contribution in [2.75, 3.05) is 41.8 Å². The van der Waals surface area contributed by atoms with Crippen LogP contribution < -0.4 is 9.88 Å². The maximum absolute atomic E-state index is 12.3. The lowest BCUT2D eigenvalue weighted by Gasteiger charge is -2.30. The van der Waals surface area contributed by atoms with E-state index in [1.807, 2.05) is 39.2 Å². The van der Waals surface area contributed by atoms with Crippen molar-refractivity contribution in [1.29, 1.82) is 0 Å². The first-order chi connectivity index (χ1) is 13.7. The van der Waals surface area contributed by atoms with Crippen molar-refractivity contribution in [3.8, 4) is 0 Å². The molecule has 1 aromatic carbocycles. The molecule has 0 aliphatic heterocycles. The van der Waals surface area contributed by atoms with Crippen LogP contribution in [0.2, 0.25) is 0 Å². The third kappa shape index (κ3) is 5.54. The number of hydrogen-bond donors (Lipinski definition) is 4. The van der Waals surface area contributed by atoms with Gasteiger partial charge in [0.15, 0.2) is 11.0 Å². The second kappa shape index (κ2) is 10.2. The summed E-state index contributed by atoms with van der Waals surface area (Å²) in [6, 6.07) is 5.27. The number of carbonyl (C=O) groups is 1. The van der Waals surface area contributed by atoms with E-state index in [9.17, 15) is 15.0 Å². The minimum absolute atomic E-state index is 0.00407. The molecule has 29 heavy (non-hydrogen) atoms. The molecule has 0 saturated heterocycles. The largest absolute Gasteiger partial charge is 0.392 e. The molecule has 0 aliphatic carbocycles. The fraction of sp³-hybridized carbons (Fsp3) is 0.619. The second-order valence-electron chi connectivity index (χ2n) is 8.23. The molecule has 0 bridgehead atoms. The molecule has 2 rings (SSSR count). The van der Waals surface area contributed by atoms with E-state index < -0.39 is 12.1 Å². The minimum atomic E-state index is -0.813. The van der Waals surface area contributed by atoms with Crippen LogP contribution in [0.4, 0.5) is 0 Å². The van der Waals surface area contributed by atoms with E-state index in [1.54, 1.807) is 26.0 Å². The van der Waals surface area contributed by atoms with E-state index >= 15 is 0 Å². The van der Waals surface area contributed by atoms with Gasteiger partial charge in [0, 0.05) is 13.6 Å². The van der Waals surface area contributed by atoms with Gasteiger partial charge in [0.2, 0.25) is 5.91 Å². The van der Waals surface area contributed by atoms with Crippen molar-refractivity contribution in [3.05, 3.63) is 29.6 Å². The lowest BCUT2D eigenvalue weighted by molar-refractivity contribution is -0.678. The van der Waals surface area contributed by atoms with Gasteiger partial charge in [0.25, 0.3) is 5.82 Å². The molecular weight excluding hydrogens is 370 g/mol. The lowest BCUT2D eigenvalue weighted by Crippen LogP contribution is -2.52. The molecule has 8 nitrogen and oxygen atoms in total. The van der Waals surface area contributed by atoms with E-state index in [2.05, 4.69) is 19.8 Å². The highest BCUT2D eigenvalue weighted by molar-refractivity contribution is 5.82. The Morgan fingerprint density at radius 1 is 1.28 bits per heavy atom. The highest BCUT2D eigenvalue weighted by Gasteiger charge is 2.34. The fourth-order valence-electron chi connectivity index (χ4n) is 3.67. The standard InChI is InChI=1S/C21H35N5O3/c1-14(20(28)19(25(5)6)21(29)22-2)11-18-23-16-8-7-15(13-27)12-17(16)26(18)10-9-24(3)4/h7-8,12,14,19-20,27-28H,9-11,13H2,1-6H3,(H,22,29)/p+1/t14-,19-,20-/m1/s1. The van der Waals surface area contributed by atoms with Crippen LogP contribution in [0.15, 0.2) is 18.2 Å². The molecule has 3 atom stereocenters. The summed E-state index contributed by atoms with van der Waals surface area (Å²) in [5, 5.41) is 23.1. The number of aliphatic hydroxyl groups is 2. The molecular formula is C21H36N5O3+. The van der Waals surface area contributed by atoms with Crippen molar-refractivity contribution in [3.63, 3.8) is 0 Å². The molecule has 8 heteroatoms. The average Bonchev–Trinajstić information content (AvgIpc) is 3.01. The number of nitrogens with one attached hydrogen (secondary N) is 2. The number of fused-ring (bicyclic) bond motifs is 1. The molecule has 0 aliphatic rings. The van der Waals surface area contributed by atoms with E-state index in [0.29, 0.717) is 6.42 Å². The van der Waals surface area contributed by atoms with Gasteiger partial charge in [-0.15, -0.1) is 0 Å². The van der Waals surface area contributed by atoms with Crippen molar-refractivity contribution < 1.29 is 19.6 Å². The molecule has 0 saturated carbocycles. The normalized spacial score (nSPS) is 15.1. The summed E-state index contributed by atoms with van der Waals surface area (Å²) in [6.07, 6.45) is -0.217. The Hall–Kier alpha value is -2.00. The number of likely N-dealkylation sites (N-methyl/N-ethyl adjacent to an activating group) is 3. The van der Waals surface area contributed by atoms with Gasteiger partial charge in [-0.1, -0.05) is 13.0 Å². The van der Waals surface area contributed by atoms with E-state index in [1.165, 1.54) is 0 Å². The number of aliphatic hydroxyl groups excluding tert-OH is 2. The molecule has 0 radical (unpaired) electrons. The first-order valence-corrected chi connectivity index (χ1v) is 10.0. The molecule has 1 heterocycles. The number of amides is 1. The number of aromatic amines is 1. The molecule has 0 spiro atoms. The summed E-state index contributed by atoms with van der Waals surface area (Å²) in [5.41, 5.74) is 2.89. The Kier molecular flexibility index (Phi) is 8.15. The van der Waals surface area contributed by atoms with Gasteiger partial charge in [0.1, 0.15) is 12.6 Å². The quantitative estimate of drug-likeness (QED) is 0.407. The summed E-state index contributed by atoms with van der Waals surface area (Å²) in [4.78, 5) is 19.6. The molecule has 1 aromatic heterocycles. The van der Waals surface area contributed by atoms with Crippen molar-refractivity contribution in [2.45, 2.75) is 38.6 Å². The Bertz CT molecular complexity index is 818. The van der Waals surface area contributed by atoms with Gasteiger partial charge in [-0.05, 0) is 51.8 Å². The van der Waals surface area contributed by atoms with Gasteiger partial charge in [-0.2, -0.15) is 0 Å². The number of nitrogens with zero attached hydrogens (tertiary/aromatic N) is 3. The van der Waals surface area contributed by atoms with Crippen LogP contribution in [0, 0.1) is 5.92 Å². The Balaban J connectivity index is 2.35. The predicted molar refractivity (Wildman–Crippen MR) is 113 cm³/mol. The summed E-state index contributed by atoms with van der Waals surface area (Å²) < 4.78 is 2.21. The Morgan fingerprint density at radius 2 is 1.97 bits per heavy atom. The minimum Gasteiger partial charge on any atom is -0.392 e. The van der Waals surface area contributed by atoms with Crippen LogP contribution in [0.25, 0.3) is 11.0 Å². The van der Waals surface area contributed by atoms with Crippen molar-refractivity contribution in [1.82, 2.24) is 20.1 Å². The number of hydrogen-bond acceptors (Lipinski definition) is 5. The number of aromatic nitrogens is 2. The molecule has 0 unspecified atom stereocenters. The molecule has 162 valence electrons. The monoisotopic (exact) mass is 406 g/mol. The Labute approximate surface area is 173 Å². The molecule has 4 N–H and O–H groups in total. The summed E-state index contributed by atoms with van der Waals surface area (Å²) in [7, 11) is 9.25. The van der Waals surface area contributed by atoms with Crippen LogP contribution >= 0.6 is 0 Å². The van der Waals surface area contributed by atoms with Crippen LogP contribution in [-0.4, -0.2) is 84.8 Å².